The van der Waals surface area contributed by atoms with Crippen LogP contribution >= 0.6 is 0 Å². The van der Waals surface area contributed by atoms with Crippen LogP contribution in [0.2, 0.25) is 0 Å². The zero-order valence-corrected chi connectivity index (χ0v) is 10.1. The van der Waals surface area contributed by atoms with E-state index in [1.165, 1.54) is 18.1 Å². The quantitative estimate of drug-likeness (QED) is 0.749. The summed E-state index contributed by atoms with van der Waals surface area (Å²) in [4.78, 5) is 22.7. The number of nitrogens with one attached hydrogen (secondary N) is 1. The van der Waals surface area contributed by atoms with E-state index in [-0.39, 0.29) is 12.5 Å². The van der Waals surface area contributed by atoms with E-state index >= 15 is 0 Å². The second-order valence-electron chi connectivity index (χ2n) is 3.55. The second kappa shape index (κ2) is 5.71. The minimum Gasteiger partial charge on any atom is -0.452 e. The molecule has 1 N–H and O–H groups in total. The smallest absolute Gasteiger partial charge is 0.338 e. The Balaban J connectivity index is 2.10. The summed E-state index contributed by atoms with van der Waals surface area (Å²) < 4.78 is 6.25. The fraction of sp³-hybridized carbons (Fsp3) is 0.182. The summed E-state index contributed by atoms with van der Waals surface area (Å²) in [5, 5.41) is 13.1. The lowest BCUT2D eigenvalue weighted by molar-refractivity contribution is -0.123. The zero-order chi connectivity index (χ0) is 13.7. The Hall–Kier alpha value is -2.77. The SMILES string of the molecule is CNC(=O)COC(=O)c1cccc(-n2cnnn2)c1. The maximum Gasteiger partial charge on any atom is 0.338 e. The first-order valence-electron chi connectivity index (χ1n) is 5.42. The van der Waals surface area contributed by atoms with Crippen molar-refractivity contribution in [1.82, 2.24) is 25.5 Å². The number of carbonyl (C=O) groups excluding carboxylic acids is 2. The molecule has 0 unspecified atom stereocenters. The highest BCUT2D eigenvalue weighted by Crippen LogP contribution is 2.09. The second-order valence-corrected chi connectivity index (χ2v) is 3.55. The van der Waals surface area contributed by atoms with Crippen LogP contribution in [0.4, 0.5) is 0 Å². The van der Waals surface area contributed by atoms with Crippen LogP contribution in [0.5, 0.6) is 0 Å². The van der Waals surface area contributed by atoms with E-state index in [4.69, 9.17) is 4.74 Å². The predicted octanol–water partition coefficient (Wildman–Crippen LogP) is -0.435. The molecule has 98 valence electrons. The molecule has 1 heterocycles. The molecule has 0 spiro atoms. The third-order valence-corrected chi connectivity index (χ3v) is 2.31. The fourth-order valence-electron chi connectivity index (χ4n) is 1.34. The maximum absolute atomic E-state index is 11.7. The van der Waals surface area contributed by atoms with Crippen molar-refractivity contribution in [1.29, 1.82) is 0 Å². The molecule has 1 aromatic heterocycles. The normalized spacial score (nSPS) is 9.95. The number of tetrazole rings is 1. The Kier molecular flexibility index (Phi) is 3.81. The molecule has 0 radical (unpaired) electrons. The van der Waals surface area contributed by atoms with E-state index in [0.29, 0.717) is 11.3 Å². The molecular formula is C11H11N5O3. The zero-order valence-electron chi connectivity index (χ0n) is 10.1. The van der Waals surface area contributed by atoms with E-state index in [1.54, 1.807) is 24.3 Å². The molecule has 0 saturated carbocycles. The number of ether oxygens (including phenoxy) is 1. The number of hydrogen-bond donors (Lipinski definition) is 1. The Morgan fingerprint density at radius 2 is 2.26 bits per heavy atom. The van der Waals surface area contributed by atoms with Crippen molar-refractivity contribution < 1.29 is 14.3 Å². The van der Waals surface area contributed by atoms with E-state index in [2.05, 4.69) is 20.8 Å². The van der Waals surface area contributed by atoms with Crippen LogP contribution in [0.25, 0.3) is 5.69 Å². The molecule has 8 nitrogen and oxygen atoms in total. The summed E-state index contributed by atoms with van der Waals surface area (Å²) in [5.41, 5.74) is 0.941. The topological polar surface area (TPSA) is 99.0 Å². The van der Waals surface area contributed by atoms with Crippen molar-refractivity contribution in [3.05, 3.63) is 36.2 Å². The molecule has 0 fully saturated rings. The number of likely N-dealkylation sites (N-methyl/N-ethyl adjacent to an activating group) is 1. The van der Waals surface area contributed by atoms with E-state index in [9.17, 15) is 9.59 Å². The molecule has 0 aliphatic carbocycles. The number of aromatic nitrogens is 4. The van der Waals surface area contributed by atoms with Crippen molar-refractivity contribution in [2.24, 2.45) is 0 Å². The summed E-state index contributed by atoms with van der Waals surface area (Å²) in [6.07, 6.45) is 1.41. The van der Waals surface area contributed by atoms with Gasteiger partial charge in [0.2, 0.25) is 0 Å². The van der Waals surface area contributed by atoms with Crippen molar-refractivity contribution in [3.63, 3.8) is 0 Å². The Morgan fingerprint density at radius 3 is 2.95 bits per heavy atom. The summed E-state index contributed by atoms with van der Waals surface area (Å²) in [7, 11) is 1.47. The average molecular weight is 261 g/mol. The van der Waals surface area contributed by atoms with E-state index < -0.39 is 5.97 Å². The van der Waals surface area contributed by atoms with Crippen molar-refractivity contribution in [2.75, 3.05) is 13.7 Å². The molecule has 2 aromatic rings. The summed E-state index contributed by atoms with van der Waals surface area (Å²) >= 11 is 0. The Morgan fingerprint density at radius 1 is 1.42 bits per heavy atom. The number of rotatable bonds is 4. The molecule has 1 aromatic carbocycles. The molecule has 1 amide bonds. The van der Waals surface area contributed by atoms with Gasteiger partial charge in [-0.2, -0.15) is 0 Å². The average Bonchev–Trinajstić information content (AvgIpc) is 2.98. The van der Waals surface area contributed by atoms with Gasteiger partial charge in [-0.15, -0.1) is 5.10 Å². The van der Waals surface area contributed by atoms with Gasteiger partial charge in [0.05, 0.1) is 11.3 Å². The van der Waals surface area contributed by atoms with Crippen molar-refractivity contribution in [3.8, 4) is 5.69 Å². The van der Waals surface area contributed by atoms with Crippen LogP contribution in [-0.4, -0.2) is 45.7 Å². The molecule has 0 aliphatic heterocycles. The number of benzene rings is 1. The minimum atomic E-state index is -0.585. The first kappa shape index (κ1) is 12.7. The summed E-state index contributed by atoms with van der Waals surface area (Å²) in [6.45, 7) is -0.315. The molecular weight excluding hydrogens is 250 g/mol. The van der Waals surface area contributed by atoms with Crippen LogP contribution in [0.15, 0.2) is 30.6 Å². The monoisotopic (exact) mass is 261 g/mol. The van der Waals surface area contributed by atoms with Crippen LogP contribution in [-0.2, 0) is 9.53 Å². The molecule has 0 bridgehead atoms. The van der Waals surface area contributed by atoms with E-state index in [1.807, 2.05) is 0 Å². The standard InChI is InChI=1S/C11H11N5O3/c1-12-10(17)6-19-11(18)8-3-2-4-9(5-8)16-7-13-14-15-16/h2-5,7H,6H2,1H3,(H,12,17). The number of nitrogens with zero attached hydrogens (tertiary/aromatic N) is 4. The molecule has 0 atom stereocenters. The first-order valence-corrected chi connectivity index (χ1v) is 5.42. The lowest BCUT2D eigenvalue weighted by atomic mass is 10.2. The summed E-state index contributed by atoms with van der Waals surface area (Å²) in [6, 6.07) is 6.57. The van der Waals surface area contributed by atoms with Crippen LogP contribution in [0.3, 0.4) is 0 Å². The minimum absolute atomic E-state index is 0.315. The van der Waals surface area contributed by atoms with Gasteiger partial charge in [0.25, 0.3) is 5.91 Å². The van der Waals surface area contributed by atoms with Gasteiger partial charge in [0.15, 0.2) is 6.61 Å². The van der Waals surface area contributed by atoms with Gasteiger partial charge in [-0.25, -0.2) is 9.48 Å². The Labute approximate surface area is 108 Å². The van der Waals surface area contributed by atoms with Gasteiger partial charge in [-0.1, -0.05) is 6.07 Å². The lowest BCUT2D eigenvalue weighted by Gasteiger charge is -2.05. The molecule has 0 aliphatic rings. The number of hydrogen-bond acceptors (Lipinski definition) is 6. The molecule has 8 heteroatoms. The van der Waals surface area contributed by atoms with Gasteiger partial charge < -0.3 is 10.1 Å². The number of carbonyl (C=O) groups is 2. The van der Waals surface area contributed by atoms with Gasteiger partial charge in [0, 0.05) is 7.05 Å². The molecule has 0 saturated heterocycles. The van der Waals surface area contributed by atoms with Crippen molar-refractivity contribution in [2.45, 2.75) is 0 Å². The molecule has 2 rings (SSSR count). The van der Waals surface area contributed by atoms with Crippen LogP contribution in [0, 0.1) is 0 Å². The number of amides is 1. The molecule has 19 heavy (non-hydrogen) atoms. The maximum atomic E-state index is 11.7. The Bertz CT molecular complexity index is 582. The predicted molar refractivity (Wildman–Crippen MR) is 63.5 cm³/mol. The highest BCUT2D eigenvalue weighted by Gasteiger charge is 2.10. The van der Waals surface area contributed by atoms with E-state index in [0.717, 1.165) is 0 Å². The highest BCUT2D eigenvalue weighted by molar-refractivity contribution is 5.91. The van der Waals surface area contributed by atoms with Gasteiger partial charge in [-0.05, 0) is 28.6 Å². The largest absolute Gasteiger partial charge is 0.452 e. The van der Waals surface area contributed by atoms with Gasteiger partial charge in [0.1, 0.15) is 6.33 Å². The van der Waals surface area contributed by atoms with Crippen molar-refractivity contribution >= 4 is 11.9 Å². The van der Waals surface area contributed by atoms with Gasteiger partial charge >= 0.3 is 5.97 Å². The highest BCUT2D eigenvalue weighted by atomic mass is 16.5. The lowest BCUT2D eigenvalue weighted by Crippen LogP contribution is -2.25. The first-order chi connectivity index (χ1) is 9.20. The third kappa shape index (κ3) is 3.12. The van der Waals surface area contributed by atoms with Crippen LogP contribution in [0.1, 0.15) is 10.4 Å². The fourth-order valence-corrected chi connectivity index (χ4v) is 1.34. The third-order valence-electron chi connectivity index (χ3n) is 2.31. The number of esters is 1. The summed E-state index contributed by atoms with van der Waals surface area (Å²) in [5.74, 6) is -0.955. The van der Waals surface area contributed by atoms with Crippen LogP contribution < -0.4 is 5.32 Å². The van der Waals surface area contributed by atoms with Gasteiger partial charge in [-0.3, -0.25) is 4.79 Å².